The largest absolute Gasteiger partial charge is 0.493 e. The standard InChI is InChI=1S/C28H35ClN2O6/c1-18(2)37-23-12-10-20(14-24(23)34-3)27(28(33)30-21-7-5-4-6-8-21)31(26(32)15-29)16-19-9-11-22-25(13-19)36-17-35-22/h9-14,18,21,27H,4-8,15-17H2,1-3H3,(H,30,33). The lowest BCUT2D eigenvalue weighted by molar-refractivity contribution is -0.140. The summed E-state index contributed by atoms with van der Waals surface area (Å²) in [5.74, 6) is 1.45. The minimum atomic E-state index is -0.916. The van der Waals surface area contributed by atoms with Crippen LogP contribution in [0.15, 0.2) is 36.4 Å². The molecule has 1 saturated carbocycles. The molecule has 0 bridgehead atoms. The van der Waals surface area contributed by atoms with Gasteiger partial charge in [0.2, 0.25) is 18.6 Å². The SMILES string of the molecule is COc1cc(C(C(=O)NC2CCCCC2)N(Cc2ccc3c(c2)OCO3)C(=O)CCl)ccc1OC(C)C. The quantitative estimate of drug-likeness (QED) is 0.436. The van der Waals surface area contributed by atoms with Crippen LogP contribution in [0.5, 0.6) is 23.0 Å². The Morgan fingerprint density at radius 2 is 1.81 bits per heavy atom. The second-order valence-corrected chi connectivity index (χ2v) is 9.93. The fourth-order valence-corrected chi connectivity index (χ4v) is 5.00. The number of hydrogen-bond donors (Lipinski definition) is 1. The molecule has 37 heavy (non-hydrogen) atoms. The summed E-state index contributed by atoms with van der Waals surface area (Å²) < 4.78 is 22.4. The summed E-state index contributed by atoms with van der Waals surface area (Å²) in [6, 6.07) is 9.99. The highest BCUT2D eigenvalue weighted by Crippen LogP contribution is 2.36. The second kappa shape index (κ2) is 12.4. The van der Waals surface area contributed by atoms with Gasteiger partial charge < -0.3 is 29.2 Å². The number of alkyl halides is 1. The van der Waals surface area contributed by atoms with Crippen LogP contribution in [-0.4, -0.2) is 48.6 Å². The lowest BCUT2D eigenvalue weighted by Crippen LogP contribution is -2.47. The molecular weight excluding hydrogens is 496 g/mol. The van der Waals surface area contributed by atoms with Gasteiger partial charge in [0.1, 0.15) is 11.9 Å². The van der Waals surface area contributed by atoms with Crippen LogP contribution >= 0.6 is 11.6 Å². The monoisotopic (exact) mass is 530 g/mol. The molecule has 1 unspecified atom stereocenters. The first kappa shape index (κ1) is 26.9. The smallest absolute Gasteiger partial charge is 0.247 e. The number of carbonyl (C=O) groups is 2. The van der Waals surface area contributed by atoms with Crippen molar-refractivity contribution in [3.8, 4) is 23.0 Å². The number of carbonyl (C=O) groups excluding carboxylic acids is 2. The molecule has 4 rings (SSSR count). The molecule has 0 saturated heterocycles. The molecule has 1 fully saturated rings. The first-order chi connectivity index (χ1) is 17.9. The van der Waals surface area contributed by atoms with Crippen molar-refractivity contribution in [2.24, 2.45) is 0 Å². The zero-order valence-corrected chi connectivity index (χ0v) is 22.4. The summed E-state index contributed by atoms with van der Waals surface area (Å²) >= 11 is 6.06. The Bertz CT molecular complexity index is 1100. The van der Waals surface area contributed by atoms with E-state index in [0.717, 1.165) is 31.2 Å². The van der Waals surface area contributed by atoms with Gasteiger partial charge in [-0.1, -0.05) is 31.4 Å². The third-order valence-corrected chi connectivity index (χ3v) is 6.83. The summed E-state index contributed by atoms with van der Waals surface area (Å²) in [5.41, 5.74) is 1.41. The normalized spacial score (nSPS) is 15.8. The highest BCUT2D eigenvalue weighted by Gasteiger charge is 2.33. The van der Waals surface area contributed by atoms with Crippen LogP contribution in [0.2, 0.25) is 0 Å². The van der Waals surface area contributed by atoms with E-state index >= 15 is 0 Å². The van der Waals surface area contributed by atoms with Crippen molar-refractivity contribution in [2.45, 2.75) is 70.7 Å². The summed E-state index contributed by atoms with van der Waals surface area (Å²) in [5, 5.41) is 3.20. The van der Waals surface area contributed by atoms with Crippen LogP contribution in [-0.2, 0) is 16.1 Å². The number of rotatable bonds is 10. The molecule has 0 spiro atoms. The van der Waals surface area contributed by atoms with Gasteiger partial charge in [-0.05, 0) is 62.1 Å². The second-order valence-electron chi connectivity index (χ2n) is 9.67. The fraction of sp³-hybridized carbons (Fsp3) is 0.500. The van der Waals surface area contributed by atoms with Gasteiger partial charge in [0.25, 0.3) is 0 Å². The lowest BCUT2D eigenvalue weighted by atomic mass is 9.94. The number of methoxy groups -OCH3 is 1. The van der Waals surface area contributed by atoms with E-state index in [0.29, 0.717) is 28.6 Å². The van der Waals surface area contributed by atoms with Gasteiger partial charge in [-0.3, -0.25) is 9.59 Å². The van der Waals surface area contributed by atoms with Crippen LogP contribution in [0, 0.1) is 0 Å². The summed E-state index contributed by atoms with van der Waals surface area (Å²) in [7, 11) is 1.55. The van der Waals surface area contributed by atoms with Crippen LogP contribution in [0.1, 0.15) is 63.1 Å². The van der Waals surface area contributed by atoms with E-state index in [9.17, 15) is 9.59 Å². The number of ether oxygens (including phenoxy) is 4. The number of hydrogen-bond acceptors (Lipinski definition) is 6. The number of amides is 2. The Morgan fingerprint density at radius 3 is 2.51 bits per heavy atom. The predicted molar refractivity (Wildman–Crippen MR) is 140 cm³/mol. The van der Waals surface area contributed by atoms with Crippen molar-refractivity contribution in [3.05, 3.63) is 47.5 Å². The highest BCUT2D eigenvalue weighted by molar-refractivity contribution is 6.27. The van der Waals surface area contributed by atoms with E-state index in [4.69, 9.17) is 30.5 Å². The molecule has 2 aromatic rings. The van der Waals surface area contributed by atoms with Gasteiger partial charge in [-0.25, -0.2) is 0 Å². The van der Waals surface area contributed by atoms with Gasteiger partial charge in [-0.15, -0.1) is 11.6 Å². The van der Waals surface area contributed by atoms with E-state index in [1.165, 1.54) is 11.3 Å². The summed E-state index contributed by atoms with van der Waals surface area (Å²) in [6.45, 7) is 4.18. The number of nitrogens with zero attached hydrogens (tertiary/aromatic N) is 1. The average Bonchev–Trinajstić information content (AvgIpc) is 3.37. The average molecular weight is 531 g/mol. The Labute approximate surface area is 223 Å². The number of halogens is 1. The van der Waals surface area contributed by atoms with Gasteiger partial charge in [0, 0.05) is 12.6 Å². The molecule has 9 heteroatoms. The molecule has 1 N–H and O–H groups in total. The van der Waals surface area contributed by atoms with Crippen LogP contribution in [0.25, 0.3) is 0 Å². The molecule has 200 valence electrons. The van der Waals surface area contributed by atoms with Gasteiger partial charge in [-0.2, -0.15) is 0 Å². The minimum absolute atomic E-state index is 0.0505. The van der Waals surface area contributed by atoms with Gasteiger partial charge >= 0.3 is 0 Å². The third-order valence-electron chi connectivity index (χ3n) is 6.60. The Hall–Kier alpha value is -3.13. The minimum Gasteiger partial charge on any atom is -0.493 e. The molecule has 1 atom stereocenters. The van der Waals surface area contributed by atoms with E-state index in [1.807, 2.05) is 26.0 Å². The predicted octanol–water partition coefficient (Wildman–Crippen LogP) is 4.97. The molecule has 8 nitrogen and oxygen atoms in total. The van der Waals surface area contributed by atoms with E-state index < -0.39 is 6.04 Å². The van der Waals surface area contributed by atoms with E-state index in [-0.39, 0.29) is 43.2 Å². The molecule has 2 aromatic carbocycles. The van der Waals surface area contributed by atoms with E-state index in [2.05, 4.69) is 5.32 Å². The number of nitrogens with one attached hydrogen (secondary N) is 1. The first-order valence-corrected chi connectivity index (χ1v) is 13.3. The van der Waals surface area contributed by atoms with Crippen molar-refractivity contribution < 1.29 is 28.5 Å². The maximum atomic E-state index is 13.8. The van der Waals surface area contributed by atoms with Crippen molar-refractivity contribution in [1.82, 2.24) is 10.2 Å². The number of benzene rings is 2. The Kier molecular flexibility index (Phi) is 9.03. The van der Waals surface area contributed by atoms with E-state index in [1.54, 1.807) is 31.4 Å². The third kappa shape index (κ3) is 6.60. The zero-order chi connectivity index (χ0) is 26.4. The van der Waals surface area contributed by atoms with Crippen LogP contribution in [0.3, 0.4) is 0 Å². The van der Waals surface area contributed by atoms with Crippen LogP contribution in [0.4, 0.5) is 0 Å². The highest BCUT2D eigenvalue weighted by atomic mass is 35.5. The molecule has 1 aliphatic heterocycles. The molecule has 2 aliphatic rings. The first-order valence-electron chi connectivity index (χ1n) is 12.8. The van der Waals surface area contributed by atoms with Crippen molar-refractivity contribution >= 4 is 23.4 Å². The topological polar surface area (TPSA) is 86.3 Å². The maximum absolute atomic E-state index is 13.8. The molecule has 1 heterocycles. The Morgan fingerprint density at radius 1 is 1.05 bits per heavy atom. The van der Waals surface area contributed by atoms with Crippen molar-refractivity contribution in [1.29, 1.82) is 0 Å². The number of fused-ring (bicyclic) bond motifs is 1. The zero-order valence-electron chi connectivity index (χ0n) is 21.6. The molecule has 2 amide bonds. The maximum Gasteiger partial charge on any atom is 0.247 e. The summed E-state index contributed by atoms with van der Waals surface area (Å²) in [4.78, 5) is 28.6. The molecule has 0 aromatic heterocycles. The summed E-state index contributed by atoms with van der Waals surface area (Å²) in [6.07, 6.45) is 5.12. The van der Waals surface area contributed by atoms with Gasteiger partial charge in [0.05, 0.1) is 13.2 Å². The van der Waals surface area contributed by atoms with Gasteiger partial charge in [0.15, 0.2) is 23.0 Å². The molecule has 0 radical (unpaired) electrons. The van der Waals surface area contributed by atoms with Crippen LogP contribution < -0.4 is 24.3 Å². The lowest BCUT2D eigenvalue weighted by Gasteiger charge is -2.33. The van der Waals surface area contributed by atoms with Crippen molar-refractivity contribution in [2.75, 3.05) is 19.8 Å². The molecule has 1 aliphatic carbocycles. The Balaban J connectivity index is 1.71. The fourth-order valence-electron chi connectivity index (χ4n) is 4.84. The molecular formula is C28H35ClN2O6. The van der Waals surface area contributed by atoms with Crippen molar-refractivity contribution in [3.63, 3.8) is 0 Å².